The molecule has 196 valence electrons. The number of aliphatic hydroxyl groups is 1. The number of H-pyrrole nitrogens is 1. The van der Waals surface area contributed by atoms with Crippen LogP contribution in [0.1, 0.15) is 11.6 Å². The highest BCUT2D eigenvalue weighted by molar-refractivity contribution is 7.17. The van der Waals surface area contributed by atoms with Gasteiger partial charge in [-0.3, -0.25) is 14.6 Å². The number of nitrogens with one attached hydrogen (secondary N) is 1. The fourth-order valence-corrected chi connectivity index (χ4v) is 5.46. The lowest BCUT2D eigenvalue weighted by Crippen LogP contribution is -2.43. The number of nitrogens with zero attached hydrogens (tertiary/aromatic N) is 3. The summed E-state index contributed by atoms with van der Waals surface area (Å²) in [6.45, 7) is 6.11. The Hall–Kier alpha value is -2.86. The van der Waals surface area contributed by atoms with E-state index in [0.717, 1.165) is 56.3 Å². The van der Waals surface area contributed by atoms with E-state index in [0.29, 0.717) is 35.7 Å². The van der Waals surface area contributed by atoms with E-state index in [1.54, 1.807) is 6.26 Å². The maximum Gasteiger partial charge on any atom is 0.260 e. The topological polar surface area (TPSA) is 104 Å². The molecule has 37 heavy (non-hydrogen) atoms. The SMILES string of the molecule is O=c1[nH]c(CN(CCN2CCOCC2)C[C@@H](O)COCc2ccco2)nc2scc(-c3ccccc3)c12. The van der Waals surface area contributed by atoms with Crippen molar-refractivity contribution in [2.75, 3.05) is 52.5 Å². The van der Waals surface area contributed by atoms with Crippen LogP contribution >= 0.6 is 11.3 Å². The highest BCUT2D eigenvalue weighted by atomic mass is 32.1. The van der Waals surface area contributed by atoms with Crippen LogP contribution in [0.4, 0.5) is 0 Å². The number of thiophene rings is 1. The van der Waals surface area contributed by atoms with Crippen LogP contribution in [-0.2, 0) is 22.6 Å². The number of benzene rings is 1. The Morgan fingerprint density at radius 3 is 2.81 bits per heavy atom. The molecule has 1 aromatic carbocycles. The predicted octanol–water partition coefficient (Wildman–Crippen LogP) is 2.96. The molecule has 10 heteroatoms. The van der Waals surface area contributed by atoms with Gasteiger partial charge in [-0.15, -0.1) is 11.3 Å². The number of furan rings is 1. The normalized spacial score (nSPS) is 15.5. The number of ether oxygens (including phenoxy) is 2. The summed E-state index contributed by atoms with van der Waals surface area (Å²) in [5.74, 6) is 1.31. The number of morpholine rings is 1. The molecule has 4 aromatic rings. The Balaban J connectivity index is 1.28. The van der Waals surface area contributed by atoms with E-state index in [1.165, 1.54) is 11.3 Å². The van der Waals surface area contributed by atoms with E-state index in [2.05, 4.69) is 14.8 Å². The third-order valence-corrected chi connectivity index (χ3v) is 7.26. The largest absolute Gasteiger partial charge is 0.467 e. The number of hydrogen-bond acceptors (Lipinski definition) is 9. The second-order valence-electron chi connectivity index (χ2n) is 9.15. The Morgan fingerprint density at radius 2 is 2.03 bits per heavy atom. The number of aromatic amines is 1. The standard InChI is InChI=1S/C27H32N4O5S/c32-21(17-35-18-22-7-4-12-36-22)15-31(9-8-30-10-13-34-14-11-30)16-24-28-26(33)25-23(19-37-27(25)29-24)20-5-2-1-3-6-20/h1-7,12,19,21,32H,8-11,13-18H2,(H,28,29,33)/t21-/m1/s1. The molecule has 4 heterocycles. The third kappa shape index (κ3) is 6.92. The lowest BCUT2D eigenvalue weighted by atomic mass is 10.1. The lowest BCUT2D eigenvalue weighted by Gasteiger charge is -2.30. The molecule has 0 radical (unpaired) electrons. The first-order chi connectivity index (χ1) is 18.2. The summed E-state index contributed by atoms with van der Waals surface area (Å²) in [6, 6.07) is 13.5. The fourth-order valence-electron chi connectivity index (χ4n) is 4.49. The highest BCUT2D eigenvalue weighted by Crippen LogP contribution is 2.30. The average Bonchev–Trinajstić information content (AvgIpc) is 3.59. The van der Waals surface area contributed by atoms with Crippen molar-refractivity contribution in [1.29, 1.82) is 0 Å². The minimum atomic E-state index is -0.693. The first-order valence-corrected chi connectivity index (χ1v) is 13.4. The Labute approximate surface area is 219 Å². The smallest absolute Gasteiger partial charge is 0.260 e. The Morgan fingerprint density at radius 1 is 1.19 bits per heavy atom. The number of aliphatic hydroxyl groups excluding tert-OH is 1. The van der Waals surface area contributed by atoms with Crippen molar-refractivity contribution in [3.8, 4) is 11.1 Å². The summed E-state index contributed by atoms with van der Waals surface area (Å²) < 4.78 is 16.4. The highest BCUT2D eigenvalue weighted by Gasteiger charge is 2.19. The molecule has 0 spiro atoms. The van der Waals surface area contributed by atoms with Crippen LogP contribution < -0.4 is 5.56 Å². The number of hydrogen-bond donors (Lipinski definition) is 2. The predicted molar refractivity (Wildman–Crippen MR) is 143 cm³/mol. The molecule has 0 saturated carbocycles. The zero-order valence-corrected chi connectivity index (χ0v) is 21.5. The van der Waals surface area contributed by atoms with Crippen LogP contribution in [0.3, 0.4) is 0 Å². The van der Waals surface area contributed by atoms with Gasteiger partial charge in [-0.05, 0) is 17.7 Å². The molecule has 3 aromatic heterocycles. The van der Waals surface area contributed by atoms with Gasteiger partial charge in [0.1, 0.15) is 23.0 Å². The number of rotatable bonds is 12. The van der Waals surface area contributed by atoms with E-state index in [-0.39, 0.29) is 12.2 Å². The van der Waals surface area contributed by atoms with Gasteiger partial charge in [-0.2, -0.15) is 0 Å². The van der Waals surface area contributed by atoms with Gasteiger partial charge in [0.15, 0.2) is 0 Å². The van der Waals surface area contributed by atoms with Gasteiger partial charge in [0.05, 0.1) is 44.1 Å². The molecule has 5 rings (SSSR count). The van der Waals surface area contributed by atoms with Gasteiger partial charge >= 0.3 is 0 Å². The molecule has 2 N–H and O–H groups in total. The van der Waals surface area contributed by atoms with Crippen LogP contribution in [0, 0.1) is 0 Å². The summed E-state index contributed by atoms with van der Waals surface area (Å²) in [7, 11) is 0. The molecule has 9 nitrogen and oxygen atoms in total. The van der Waals surface area contributed by atoms with Gasteiger partial charge in [0.2, 0.25) is 0 Å². The third-order valence-electron chi connectivity index (χ3n) is 6.39. The van der Waals surface area contributed by atoms with Crippen molar-refractivity contribution in [2.24, 2.45) is 0 Å². The van der Waals surface area contributed by atoms with E-state index < -0.39 is 6.10 Å². The van der Waals surface area contributed by atoms with Gasteiger partial charge in [-0.25, -0.2) is 4.98 Å². The number of aromatic nitrogens is 2. The van der Waals surface area contributed by atoms with Crippen molar-refractivity contribution < 1.29 is 19.0 Å². The Bertz CT molecular complexity index is 1300. The summed E-state index contributed by atoms with van der Waals surface area (Å²) >= 11 is 1.47. The summed E-state index contributed by atoms with van der Waals surface area (Å²) in [6.07, 6.45) is 0.908. The molecular formula is C27H32N4O5S. The maximum atomic E-state index is 13.1. The summed E-state index contributed by atoms with van der Waals surface area (Å²) in [5, 5.41) is 13.3. The monoisotopic (exact) mass is 524 g/mol. The van der Waals surface area contributed by atoms with Crippen molar-refractivity contribution in [1.82, 2.24) is 19.8 Å². The molecular weight excluding hydrogens is 492 g/mol. The van der Waals surface area contributed by atoms with Crippen LogP contribution in [-0.4, -0.2) is 83.5 Å². The molecule has 0 unspecified atom stereocenters. The van der Waals surface area contributed by atoms with Crippen LogP contribution in [0.5, 0.6) is 0 Å². The number of fused-ring (bicyclic) bond motifs is 1. The zero-order chi connectivity index (χ0) is 25.5. The first-order valence-electron chi connectivity index (χ1n) is 12.5. The van der Waals surface area contributed by atoms with Crippen molar-refractivity contribution in [3.05, 3.63) is 76.0 Å². The molecule has 1 saturated heterocycles. The van der Waals surface area contributed by atoms with Gasteiger partial charge in [0.25, 0.3) is 5.56 Å². The molecule has 0 bridgehead atoms. The van der Waals surface area contributed by atoms with E-state index in [4.69, 9.17) is 18.9 Å². The van der Waals surface area contributed by atoms with Gasteiger partial charge in [-0.1, -0.05) is 30.3 Å². The first kappa shape index (κ1) is 25.8. The second kappa shape index (κ2) is 12.6. The minimum Gasteiger partial charge on any atom is -0.467 e. The van der Waals surface area contributed by atoms with Gasteiger partial charge < -0.3 is 24.0 Å². The van der Waals surface area contributed by atoms with Crippen LogP contribution in [0.2, 0.25) is 0 Å². The zero-order valence-electron chi connectivity index (χ0n) is 20.7. The van der Waals surface area contributed by atoms with Crippen LogP contribution in [0.15, 0.2) is 63.3 Å². The summed E-state index contributed by atoms with van der Waals surface area (Å²) in [4.78, 5) is 26.1. The quantitative estimate of drug-likeness (QED) is 0.292. The molecule has 0 aliphatic carbocycles. The van der Waals surface area contributed by atoms with Crippen molar-refractivity contribution in [3.63, 3.8) is 0 Å². The van der Waals surface area contributed by atoms with Crippen LogP contribution in [0.25, 0.3) is 21.3 Å². The average molecular weight is 525 g/mol. The van der Waals surface area contributed by atoms with E-state index in [9.17, 15) is 9.90 Å². The molecule has 0 amide bonds. The lowest BCUT2D eigenvalue weighted by molar-refractivity contribution is -0.00190. The minimum absolute atomic E-state index is 0.143. The van der Waals surface area contributed by atoms with Crippen molar-refractivity contribution >= 4 is 21.6 Å². The Kier molecular flexibility index (Phi) is 8.77. The molecule has 1 aliphatic rings. The van der Waals surface area contributed by atoms with E-state index in [1.807, 2.05) is 47.8 Å². The van der Waals surface area contributed by atoms with E-state index >= 15 is 0 Å². The van der Waals surface area contributed by atoms with Crippen molar-refractivity contribution in [2.45, 2.75) is 19.3 Å². The second-order valence-corrected chi connectivity index (χ2v) is 10.0. The fraction of sp³-hybridized carbons (Fsp3) is 0.407. The summed E-state index contributed by atoms with van der Waals surface area (Å²) in [5.41, 5.74) is 1.75. The molecule has 1 fully saturated rings. The molecule has 1 atom stereocenters. The van der Waals surface area contributed by atoms with Gasteiger partial charge in [0, 0.05) is 43.7 Å². The maximum absolute atomic E-state index is 13.1. The molecule has 1 aliphatic heterocycles.